The Hall–Kier alpha value is -1.36. The van der Waals surface area contributed by atoms with E-state index in [0.29, 0.717) is 51.6 Å². The van der Waals surface area contributed by atoms with Gasteiger partial charge < -0.3 is 38.7 Å². The first-order valence-electron chi connectivity index (χ1n) is 17.5. The SMILES string of the molecule is CC1OC(O[C@H]2CC[C@]3(C=O)[C@H]4CC[C@]5(C)[C@@H](C6=CC(=O)OC6)CC[C@]5(O)[C@@H]4CC[C@]3(O)C2)CC2OC3(CCCCC3)OC12. The fraction of sp³-hybridized carbons (Fsp3) is 0.886. The number of rotatable bonds is 4. The summed E-state index contributed by atoms with van der Waals surface area (Å²) in [5, 5.41) is 24.8. The summed E-state index contributed by atoms with van der Waals surface area (Å²) in [6.45, 7) is 4.52. The number of hydrogen-bond acceptors (Lipinski definition) is 9. The second-order valence-electron chi connectivity index (χ2n) is 16.0. The average molecular weight is 615 g/mol. The van der Waals surface area contributed by atoms with E-state index >= 15 is 0 Å². The highest BCUT2D eigenvalue weighted by atomic mass is 16.8. The van der Waals surface area contributed by atoms with Gasteiger partial charge in [-0.15, -0.1) is 0 Å². The standard InChI is InChI=1S/C35H50O9/c1-21-30-27(43-34(44-30)10-4-3-5-11-34)17-29(41-21)42-23-6-13-32(20-36)25-7-12-31(2)24(22-16-28(37)40-19-22)9-15-35(31,39)26(25)8-14-33(32,38)18-23/h16,20-21,23-27,29-30,38-39H,3-15,17-19H2,1-2H3/t21?,23-,24+,25-,26+,27?,29?,30?,31+,32-,33-,35-/m0/s1. The van der Waals surface area contributed by atoms with Crippen LogP contribution >= 0.6 is 0 Å². The van der Waals surface area contributed by atoms with Gasteiger partial charge in [0.05, 0.1) is 34.9 Å². The molecule has 5 aliphatic carbocycles. The summed E-state index contributed by atoms with van der Waals surface area (Å²) >= 11 is 0. The Labute approximate surface area is 260 Å². The average Bonchev–Trinajstić information content (AvgIpc) is 3.66. The number of cyclic esters (lactones) is 1. The second-order valence-corrected chi connectivity index (χ2v) is 16.0. The third-order valence-corrected chi connectivity index (χ3v) is 14.1. The van der Waals surface area contributed by atoms with Gasteiger partial charge in [0.2, 0.25) is 0 Å². The van der Waals surface area contributed by atoms with Crippen molar-refractivity contribution in [3.63, 3.8) is 0 Å². The molecule has 8 aliphatic rings. The molecule has 2 saturated heterocycles. The maximum absolute atomic E-state index is 13.2. The van der Waals surface area contributed by atoms with Gasteiger partial charge in [-0.3, -0.25) is 0 Å². The van der Waals surface area contributed by atoms with Gasteiger partial charge in [-0.25, -0.2) is 4.79 Å². The molecule has 244 valence electrons. The van der Waals surface area contributed by atoms with Gasteiger partial charge in [-0.1, -0.05) is 13.3 Å². The number of carbonyl (C=O) groups is 2. The molecule has 0 aromatic rings. The topological polar surface area (TPSA) is 121 Å². The summed E-state index contributed by atoms with van der Waals surface area (Å²) in [6, 6.07) is 0. The number of hydrogen-bond donors (Lipinski definition) is 2. The zero-order chi connectivity index (χ0) is 30.5. The van der Waals surface area contributed by atoms with Crippen LogP contribution < -0.4 is 0 Å². The molecule has 44 heavy (non-hydrogen) atoms. The van der Waals surface area contributed by atoms with Crippen LogP contribution in [0.5, 0.6) is 0 Å². The van der Waals surface area contributed by atoms with Crippen molar-refractivity contribution in [3.05, 3.63) is 11.6 Å². The van der Waals surface area contributed by atoms with Gasteiger partial charge in [0.15, 0.2) is 12.1 Å². The Morgan fingerprint density at radius 2 is 1.75 bits per heavy atom. The number of fused-ring (bicyclic) bond motifs is 6. The largest absolute Gasteiger partial charge is 0.458 e. The highest BCUT2D eigenvalue weighted by Gasteiger charge is 2.71. The quantitative estimate of drug-likeness (QED) is 0.268. The lowest BCUT2D eigenvalue weighted by Crippen LogP contribution is -2.69. The Morgan fingerprint density at radius 1 is 0.955 bits per heavy atom. The molecular formula is C35H50O9. The van der Waals surface area contributed by atoms with E-state index < -0.39 is 28.7 Å². The van der Waals surface area contributed by atoms with Crippen LogP contribution in [0.15, 0.2) is 11.6 Å². The van der Waals surface area contributed by atoms with Crippen molar-refractivity contribution in [1.29, 1.82) is 0 Å². The molecule has 5 saturated carbocycles. The number of esters is 1. The van der Waals surface area contributed by atoms with E-state index in [1.807, 2.05) is 6.92 Å². The minimum Gasteiger partial charge on any atom is -0.458 e. The molecule has 1 spiro atoms. The number of aldehydes is 1. The summed E-state index contributed by atoms with van der Waals surface area (Å²) in [4.78, 5) is 25.1. The number of ether oxygens (including phenoxy) is 5. The van der Waals surface area contributed by atoms with Gasteiger partial charge in [-0.05, 0) is 94.5 Å². The molecule has 0 bridgehead atoms. The number of aliphatic hydroxyl groups is 2. The van der Waals surface area contributed by atoms with Crippen LogP contribution in [-0.2, 0) is 33.3 Å². The van der Waals surface area contributed by atoms with Crippen molar-refractivity contribution < 1.29 is 43.5 Å². The van der Waals surface area contributed by atoms with Crippen LogP contribution in [0.2, 0.25) is 0 Å². The molecule has 2 N–H and O–H groups in total. The van der Waals surface area contributed by atoms with Crippen molar-refractivity contribution in [1.82, 2.24) is 0 Å². The lowest BCUT2D eigenvalue weighted by molar-refractivity contribution is -0.278. The zero-order valence-corrected chi connectivity index (χ0v) is 26.3. The lowest BCUT2D eigenvalue weighted by Gasteiger charge is -2.65. The molecule has 3 aliphatic heterocycles. The molecule has 9 nitrogen and oxygen atoms in total. The molecule has 3 heterocycles. The van der Waals surface area contributed by atoms with Gasteiger partial charge in [0, 0.05) is 37.2 Å². The van der Waals surface area contributed by atoms with Crippen molar-refractivity contribution in [2.24, 2.45) is 28.6 Å². The van der Waals surface area contributed by atoms with E-state index in [1.165, 1.54) is 6.42 Å². The van der Waals surface area contributed by atoms with Crippen LogP contribution in [0, 0.1) is 28.6 Å². The van der Waals surface area contributed by atoms with Gasteiger partial charge in [-0.2, -0.15) is 0 Å². The molecule has 12 atom stereocenters. The smallest absolute Gasteiger partial charge is 0.331 e. The Morgan fingerprint density at radius 3 is 2.50 bits per heavy atom. The lowest BCUT2D eigenvalue weighted by atomic mass is 9.41. The summed E-state index contributed by atoms with van der Waals surface area (Å²) in [5.74, 6) is -0.828. The monoisotopic (exact) mass is 614 g/mol. The maximum Gasteiger partial charge on any atom is 0.331 e. The van der Waals surface area contributed by atoms with Crippen molar-refractivity contribution in [2.75, 3.05) is 6.61 Å². The third kappa shape index (κ3) is 4.18. The van der Waals surface area contributed by atoms with Crippen LogP contribution in [0.25, 0.3) is 0 Å². The first kappa shape index (κ1) is 30.0. The first-order valence-corrected chi connectivity index (χ1v) is 17.5. The van der Waals surface area contributed by atoms with E-state index in [0.717, 1.165) is 56.8 Å². The predicted octanol–water partition coefficient (Wildman–Crippen LogP) is 4.50. The third-order valence-electron chi connectivity index (χ3n) is 14.1. The molecule has 0 aromatic heterocycles. The predicted molar refractivity (Wildman–Crippen MR) is 157 cm³/mol. The summed E-state index contributed by atoms with van der Waals surface area (Å²) < 4.78 is 31.2. The Bertz CT molecular complexity index is 1210. The van der Waals surface area contributed by atoms with E-state index in [-0.39, 0.29) is 53.6 Å². The molecule has 7 fully saturated rings. The van der Waals surface area contributed by atoms with Crippen LogP contribution in [0.4, 0.5) is 0 Å². The van der Waals surface area contributed by atoms with E-state index in [4.69, 9.17) is 23.7 Å². The molecule has 8 rings (SSSR count). The second kappa shape index (κ2) is 10.3. The van der Waals surface area contributed by atoms with E-state index in [2.05, 4.69) is 6.92 Å². The van der Waals surface area contributed by atoms with Crippen molar-refractivity contribution in [3.8, 4) is 0 Å². The highest BCUT2D eigenvalue weighted by molar-refractivity contribution is 5.85. The van der Waals surface area contributed by atoms with Gasteiger partial charge in [0.1, 0.15) is 19.0 Å². The van der Waals surface area contributed by atoms with Crippen LogP contribution in [0.3, 0.4) is 0 Å². The number of carbonyl (C=O) groups excluding carboxylic acids is 2. The molecule has 0 amide bonds. The normalized spacial score (nSPS) is 52.8. The summed E-state index contributed by atoms with van der Waals surface area (Å²) in [7, 11) is 0. The molecular weight excluding hydrogens is 564 g/mol. The molecule has 4 unspecified atom stereocenters. The van der Waals surface area contributed by atoms with E-state index in [9.17, 15) is 19.8 Å². The fourth-order valence-corrected chi connectivity index (χ4v) is 11.9. The molecule has 9 heteroatoms. The van der Waals surface area contributed by atoms with Crippen molar-refractivity contribution in [2.45, 2.75) is 158 Å². The Kier molecular flexibility index (Phi) is 7.04. The van der Waals surface area contributed by atoms with E-state index in [1.54, 1.807) is 6.08 Å². The maximum atomic E-state index is 13.2. The summed E-state index contributed by atoms with van der Waals surface area (Å²) in [5.41, 5.74) is -2.42. The highest BCUT2D eigenvalue weighted by Crippen LogP contribution is 2.70. The minimum atomic E-state index is -1.18. The van der Waals surface area contributed by atoms with Crippen LogP contribution in [0.1, 0.15) is 110 Å². The minimum absolute atomic E-state index is 0.0600. The molecule has 0 radical (unpaired) electrons. The van der Waals surface area contributed by atoms with Crippen LogP contribution in [-0.4, -0.2) is 76.8 Å². The zero-order valence-electron chi connectivity index (χ0n) is 26.3. The van der Waals surface area contributed by atoms with Crippen molar-refractivity contribution >= 4 is 12.3 Å². The fourth-order valence-electron chi connectivity index (χ4n) is 11.9. The Balaban J connectivity index is 0.971. The first-order chi connectivity index (χ1) is 21.0. The van der Waals surface area contributed by atoms with Gasteiger partial charge >= 0.3 is 5.97 Å². The summed E-state index contributed by atoms with van der Waals surface area (Å²) in [6.07, 6.45) is 13.4. The molecule has 0 aromatic carbocycles. The van der Waals surface area contributed by atoms with Gasteiger partial charge in [0.25, 0.3) is 0 Å².